The smallest absolute Gasteiger partial charge is 0.224 e. The van der Waals surface area contributed by atoms with E-state index >= 15 is 0 Å². The first-order valence-corrected chi connectivity index (χ1v) is 10.6. The molecule has 0 aromatic heterocycles. The van der Waals surface area contributed by atoms with Crippen LogP contribution in [0.2, 0.25) is 5.02 Å². The van der Waals surface area contributed by atoms with E-state index in [2.05, 4.69) is 10.2 Å². The Labute approximate surface area is 182 Å². The third-order valence-electron chi connectivity index (χ3n) is 5.45. The van der Waals surface area contributed by atoms with Crippen LogP contribution in [0.1, 0.15) is 31.2 Å². The summed E-state index contributed by atoms with van der Waals surface area (Å²) >= 11 is 6.06. The molecular formula is C23H29ClN2O4. The van der Waals surface area contributed by atoms with Gasteiger partial charge >= 0.3 is 0 Å². The number of halogens is 1. The molecule has 0 saturated carbocycles. The van der Waals surface area contributed by atoms with E-state index < -0.39 is 0 Å². The molecule has 2 aromatic rings. The van der Waals surface area contributed by atoms with Crippen LogP contribution in [0.25, 0.3) is 0 Å². The average molecular weight is 433 g/mol. The molecule has 3 rings (SSSR count). The molecule has 1 heterocycles. The predicted octanol–water partition coefficient (Wildman–Crippen LogP) is 4.69. The van der Waals surface area contributed by atoms with E-state index in [1.165, 1.54) is 0 Å². The maximum Gasteiger partial charge on any atom is 0.224 e. The Kier molecular flexibility index (Phi) is 7.82. The number of anilines is 1. The fourth-order valence-electron chi connectivity index (χ4n) is 3.89. The van der Waals surface area contributed by atoms with Gasteiger partial charge in [0.25, 0.3) is 0 Å². The highest BCUT2D eigenvalue weighted by Crippen LogP contribution is 2.28. The van der Waals surface area contributed by atoms with Crippen LogP contribution in [0, 0.1) is 5.92 Å². The van der Waals surface area contributed by atoms with Gasteiger partial charge in [-0.15, -0.1) is 0 Å². The minimum atomic E-state index is -0.0186. The predicted molar refractivity (Wildman–Crippen MR) is 119 cm³/mol. The van der Waals surface area contributed by atoms with Crippen LogP contribution in [0.5, 0.6) is 17.2 Å². The fraction of sp³-hybridized carbons (Fsp3) is 0.435. The van der Waals surface area contributed by atoms with E-state index in [1.807, 2.05) is 6.07 Å². The summed E-state index contributed by atoms with van der Waals surface area (Å²) in [6, 6.07) is 10.5. The molecule has 0 spiro atoms. The van der Waals surface area contributed by atoms with Crippen molar-refractivity contribution in [1.82, 2.24) is 4.90 Å². The summed E-state index contributed by atoms with van der Waals surface area (Å²) in [5, 5.41) is 13.6. The number of phenols is 1. The molecule has 1 aliphatic heterocycles. The number of aromatic hydroxyl groups is 1. The maximum atomic E-state index is 12.5. The van der Waals surface area contributed by atoms with Crippen LogP contribution in [0.4, 0.5) is 5.69 Å². The Hall–Kier alpha value is -2.44. The number of benzene rings is 2. The van der Waals surface area contributed by atoms with Gasteiger partial charge in [-0.3, -0.25) is 9.69 Å². The second kappa shape index (κ2) is 10.5. The highest BCUT2D eigenvalue weighted by molar-refractivity contribution is 6.30. The second-order valence-corrected chi connectivity index (χ2v) is 8.14. The molecule has 1 aliphatic rings. The number of rotatable bonds is 8. The third-order valence-corrected chi connectivity index (χ3v) is 5.69. The van der Waals surface area contributed by atoms with Crippen LogP contribution < -0.4 is 14.8 Å². The molecule has 0 bridgehead atoms. The number of likely N-dealkylation sites (tertiary alicyclic amines) is 1. The molecule has 0 unspecified atom stereocenters. The average Bonchev–Trinajstić information content (AvgIpc) is 2.75. The normalized spacial score (nSPS) is 16.8. The summed E-state index contributed by atoms with van der Waals surface area (Å²) < 4.78 is 10.5. The molecule has 0 aliphatic carbocycles. The number of carbonyl (C=O) groups is 1. The standard InChI is InChI=1S/C23H29ClN2O4/c1-29-20-11-19(12-21(13-20)30-2)25-23(28)8-5-16-4-3-9-26(14-16)15-17-10-18(24)6-7-22(17)27/h6-7,10-13,16,27H,3-5,8-9,14-15H2,1-2H3,(H,25,28)/t16-/m0/s1. The minimum Gasteiger partial charge on any atom is -0.508 e. The van der Waals surface area contributed by atoms with Gasteiger partial charge in [-0.25, -0.2) is 0 Å². The number of nitrogens with zero attached hydrogens (tertiary/aromatic N) is 1. The second-order valence-electron chi connectivity index (χ2n) is 7.70. The van der Waals surface area contributed by atoms with Gasteiger partial charge in [-0.05, 0) is 49.9 Å². The van der Waals surface area contributed by atoms with Gasteiger partial charge in [0, 0.05) is 54.0 Å². The lowest BCUT2D eigenvalue weighted by atomic mass is 9.93. The van der Waals surface area contributed by atoms with Crippen molar-refractivity contribution in [2.24, 2.45) is 5.92 Å². The van der Waals surface area contributed by atoms with E-state index in [9.17, 15) is 9.90 Å². The van der Waals surface area contributed by atoms with Crippen LogP contribution in [0.15, 0.2) is 36.4 Å². The Morgan fingerprint density at radius 1 is 1.20 bits per heavy atom. The Morgan fingerprint density at radius 3 is 2.63 bits per heavy atom. The van der Waals surface area contributed by atoms with E-state index in [4.69, 9.17) is 21.1 Å². The number of carbonyl (C=O) groups excluding carboxylic acids is 1. The minimum absolute atomic E-state index is 0.0186. The first-order valence-electron chi connectivity index (χ1n) is 10.2. The highest BCUT2D eigenvalue weighted by Gasteiger charge is 2.21. The molecular weight excluding hydrogens is 404 g/mol. The maximum absolute atomic E-state index is 12.5. The van der Waals surface area contributed by atoms with E-state index in [1.54, 1.807) is 44.6 Å². The SMILES string of the molecule is COc1cc(NC(=O)CC[C@@H]2CCCN(Cc3cc(Cl)ccc3O)C2)cc(OC)c1. The molecule has 2 N–H and O–H groups in total. The lowest BCUT2D eigenvalue weighted by Gasteiger charge is -2.33. The van der Waals surface area contributed by atoms with Crippen molar-refractivity contribution in [2.75, 3.05) is 32.6 Å². The molecule has 1 saturated heterocycles. The van der Waals surface area contributed by atoms with Gasteiger partial charge in [0.15, 0.2) is 0 Å². The monoisotopic (exact) mass is 432 g/mol. The third kappa shape index (κ3) is 6.28. The zero-order valence-corrected chi connectivity index (χ0v) is 18.2. The van der Waals surface area contributed by atoms with Crippen molar-refractivity contribution in [2.45, 2.75) is 32.2 Å². The Bertz CT molecular complexity index is 852. The summed E-state index contributed by atoms with van der Waals surface area (Å²) in [5.74, 6) is 1.98. The summed E-state index contributed by atoms with van der Waals surface area (Å²) in [4.78, 5) is 14.8. The Balaban J connectivity index is 1.50. The molecule has 6 nitrogen and oxygen atoms in total. The summed E-state index contributed by atoms with van der Waals surface area (Å²) in [7, 11) is 3.16. The van der Waals surface area contributed by atoms with Crippen LogP contribution in [-0.2, 0) is 11.3 Å². The molecule has 1 atom stereocenters. The zero-order chi connectivity index (χ0) is 21.5. The van der Waals surface area contributed by atoms with Crippen molar-refractivity contribution >= 4 is 23.2 Å². The van der Waals surface area contributed by atoms with Crippen LogP contribution in [0.3, 0.4) is 0 Å². The first kappa shape index (κ1) is 22.2. The lowest BCUT2D eigenvalue weighted by Crippen LogP contribution is -2.35. The van der Waals surface area contributed by atoms with E-state index in [-0.39, 0.29) is 11.7 Å². The number of amides is 1. The number of phenolic OH excluding ortho intramolecular Hbond substituents is 1. The van der Waals surface area contributed by atoms with Crippen molar-refractivity contribution in [1.29, 1.82) is 0 Å². The van der Waals surface area contributed by atoms with Crippen molar-refractivity contribution in [3.63, 3.8) is 0 Å². The lowest BCUT2D eigenvalue weighted by molar-refractivity contribution is -0.116. The molecule has 7 heteroatoms. The molecule has 1 fully saturated rings. The van der Waals surface area contributed by atoms with Crippen LogP contribution in [-0.4, -0.2) is 43.2 Å². The molecule has 1 amide bonds. The number of ether oxygens (including phenoxy) is 2. The van der Waals surface area contributed by atoms with Gasteiger partial charge in [0.1, 0.15) is 17.2 Å². The number of hydrogen-bond acceptors (Lipinski definition) is 5. The molecule has 0 radical (unpaired) electrons. The van der Waals surface area contributed by atoms with E-state index in [0.29, 0.717) is 41.1 Å². The topological polar surface area (TPSA) is 71.0 Å². The number of hydrogen-bond donors (Lipinski definition) is 2. The van der Waals surface area contributed by atoms with Crippen molar-refractivity contribution < 1.29 is 19.4 Å². The van der Waals surface area contributed by atoms with Gasteiger partial charge in [-0.2, -0.15) is 0 Å². The van der Waals surface area contributed by atoms with Crippen molar-refractivity contribution in [3.05, 3.63) is 47.0 Å². The molecule has 2 aromatic carbocycles. The van der Waals surface area contributed by atoms with E-state index in [0.717, 1.165) is 37.9 Å². The van der Waals surface area contributed by atoms with Gasteiger partial charge in [0.05, 0.1) is 14.2 Å². The fourth-order valence-corrected chi connectivity index (χ4v) is 4.09. The number of piperidine rings is 1. The molecule has 162 valence electrons. The zero-order valence-electron chi connectivity index (χ0n) is 17.5. The number of methoxy groups -OCH3 is 2. The van der Waals surface area contributed by atoms with Gasteiger partial charge in [-0.1, -0.05) is 11.6 Å². The summed E-state index contributed by atoms with van der Waals surface area (Å²) in [6.45, 7) is 2.56. The highest BCUT2D eigenvalue weighted by atomic mass is 35.5. The first-order chi connectivity index (χ1) is 14.5. The summed E-state index contributed by atoms with van der Waals surface area (Å²) in [5.41, 5.74) is 1.51. The molecule has 30 heavy (non-hydrogen) atoms. The Morgan fingerprint density at radius 2 is 1.93 bits per heavy atom. The quantitative estimate of drug-likeness (QED) is 0.633. The van der Waals surface area contributed by atoms with Crippen LogP contribution >= 0.6 is 11.6 Å². The largest absolute Gasteiger partial charge is 0.508 e. The van der Waals surface area contributed by atoms with Gasteiger partial charge < -0.3 is 19.9 Å². The van der Waals surface area contributed by atoms with Crippen molar-refractivity contribution in [3.8, 4) is 17.2 Å². The number of nitrogens with one attached hydrogen (secondary N) is 1. The summed E-state index contributed by atoms with van der Waals surface area (Å²) in [6.07, 6.45) is 3.48. The van der Waals surface area contributed by atoms with Gasteiger partial charge in [0.2, 0.25) is 5.91 Å².